The first kappa shape index (κ1) is 14.9. The van der Waals surface area contributed by atoms with Crippen molar-refractivity contribution in [2.75, 3.05) is 17.7 Å². The van der Waals surface area contributed by atoms with E-state index >= 15 is 0 Å². The zero-order valence-corrected chi connectivity index (χ0v) is 12.1. The van der Waals surface area contributed by atoms with Gasteiger partial charge in [-0.25, -0.2) is 0 Å². The van der Waals surface area contributed by atoms with E-state index in [1.165, 1.54) is 32.1 Å². The second kappa shape index (κ2) is 7.29. The third kappa shape index (κ3) is 4.53. The van der Waals surface area contributed by atoms with E-state index in [0.29, 0.717) is 23.9 Å². The summed E-state index contributed by atoms with van der Waals surface area (Å²) < 4.78 is 5.70. The van der Waals surface area contributed by atoms with Gasteiger partial charge >= 0.3 is 0 Å². The van der Waals surface area contributed by atoms with E-state index in [1.54, 1.807) is 19.1 Å². The lowest BCUT2D eigenvalue weighted by molar-refractivity contribution is -0.127. The van der Waals surface area contributed by atoms with Crippen molar-refractivity contribution in [3.63, 3.8) is 0 Å². The summed E-state index contributed by atoms with van der Waals surface area (Å²) in [5.41, 5.74) is 7.03. The Kier molecular flexibility index (Phi) is 5.41. The number of amides is 1. The first-order chi connectivity index (χ1) is 9.65. The number of carbonyl (C=O) groups is 1. The van der Waals surface area contributed by atoms with Crippen molar-refractivity contribution in [3.8, 4) is 0 Å². The van der Waals surface area contributed by atoms with Gasteiger partial charge in [0.05, 0.1) is 6.61 Å². The lowest BCUT2D eigenvalue weighted by Gasteiger charge is -2.23. The van der Waals surface area contributed by atoms with Crippen molar-refractivity contribution in [1.82, 2.24) is 0 Å². The van der Waals surface area contributed by atoms with Crippen LogP contribution in [0.4, 0.5) is 11.4 Å². The Morgan fingerprint density at radius 3 is 2.85 bits per heavy atom. The second-order valence-corrected chi connectivity index (χ2v) is 5.59. The van der Waals surface area contributed by atoms with Crippen molar-refractivity contribution in [2.24, 2.45) is 5.92 Å². The molecule has 1 aromatic rings. The van der Waals surface area contributed by atoms with Gasteiger partial charge in [0, 0.05) is 11.4 Å². The van der Waals surface area contributed by atoms with Gasteiger partial charge in [-0.05, 0) is 43.9 Å². The summed E-state index contributed by atoms with van der Waals surface area (Å²) in [6.07, 6.45) is 5.93. The topological polar surface area (TPSA) is 64.3 Å². The van der Waals surface area contributed by atoms with Gasteiger partial charge in [0.2, 0.25) is 0 Å². The molecule has 110 valence electrons. The van der Waals surface area contributed by atoms with Crippen molar-refractivity contribution in [1.29, 1.82) is 0 Å². The highest BCUT2D eigenvalue weighted by atomic mass is 16.5. The van der Waals surface area contributed by atoms with E-state index in [-0.39, 0.29) is 5.91 Å². The van der Waals surface area contributed by atoms with Crippen molar-refractivity contribution in [2.45, 2.75) is 45.1 Å². The minimum Gasteiger partial charge on any atom is -0.399 e. The summed E-state index contributed by atoms with van der Waals surface area (Å²) in [4.78, 5) is 12.0. The molecular weight excluding hydrogens is 252 g/mol. The van der Waals surface area contributed by atoms with Crippen LogP contribution in [0.1, 0.15) is 39.0 Å². The van der Waals surface area contributed by atoms with Gasteiger partial charge in [-0.3, -0.25) is 4.79 Å². The van der Waals surface area contributed by atoms with Crippen molar-refractivity contribution in [3.05, 3.63) is 24.3 Å². The molecule has 20 heavy (non-hydrogen) atoms. The summed E-state index contributed by atoms with van der Waals surface area (Å²) in [6.45, 7) is 2.48. The van der Waals surface area contributed by atoms with Gasteiger partial charge in [-0.15, -0.1) is 0 Å². The number of ether oxygens (including phenoxy) is 1. The number of nitrogen functional groups attached to an aromatic ring is 1. The lowest BCUT2D eigenvalue weighted by atomic mass is 9.90. The molecule has 0 spiro atoms. The second-order valence-electron chi connectivity index (χ2n) is 5.59. The monoisotopic (exact) mass is 276 g/mol. The number of hydrogen-bond acceptors (Lipinski definition) is 3. The number of rotatable bonds is 5. The fourth-order valence-electron chi connectivity index (χ4n) is 2.57. The molecule has 0 bridgehead atoms. The Hall–Kier alpha value is -1.55. The van der Waals surface area contributed by atoms with Crippen LogP contribution in [0.25, 0.3) is 0 Å². The summed E-state index contributed by atoms with van der Waals surface area (Å²) in [5, 5.41) is 2.83. The number of anilines is 2. The largest absolute Gasteiger partial charge is 0.399 e. The van der Waals surface area contributed by atoms with Crippen LogP contribution in [-0.2, 0) is 9.53 Å². The molecule has 0 aliphatic heterocycles. The van der Waals surface area contributed by atoms with E-state index in [2.05, 4.69) is 5.32 Å². The molecule has 0 radical (unpaired) electrons. The molecule has 1 aliphatic rings. The summed E-state index contributed by atoms with van der Waals surface area (Å²) in [5.74, 6) is 0.498. The fourth-order valence-corrected chi connectivity index (χ4v) is 2.57. The molecule has 2 rings (SSSR count). The van der Waals surface area contributed by atoms with Crippen LogP contribution in [0.15, 0.2) is 24.3 Å². The van der Waals surface area contributed by atoms with Gasteiger partial charge in [0.15, 0.2) is 0 Å². The number of benzene rings is 1. The maximum Gasteiger partial charge on any atom is 0.253 e. The van der Waals surface area contributed by atoms with E-state index in [9.17, 15) is 4.79 Å². The third-order valence-electron chi connectivity index (χ3n) is 3.83. The molecule has 1 saturated carbocycles. The van der Waals surface area contributed by atoms with E-state index in [4.69, 9.17) is 10.5 Å². The minimum atomic E-state index is -0.432. The predicted octanol–water partition coefficient (Wildman–Crippen LogP) is 3.19. The molecule has 1 atom stereocenters. The SMILES string of the molecule is CC(OCC1CCCCC1)C(=O)Nc1cccc(N)c1. The molecule has 0 saturated heterocycles. The Bertz CT molecular complexity index is 442. The zero-order valence-electron chi connectivity index (χ0n) is 12.1. The Labute approximate surface area is 120 Å². The van der Waals surface area contributed by atoms with Crippen LogP contribution in [0.2, 0.25) is 0 Å². The van der Waals surface area contributed by atoms with Crippen molar-refractivity contribution >= 4 is 17.3 Å². The molecular formula is C16H24N2O2. The number of carbonyl (C=O) groups excluding carboxylic acids is 1. The Morgan fingerprint density at radius 2 is 2.15 bits per heavy atom. The molecule has 0 heterocycles. The highest BCUT2D eigenvalue weighted by Crippen LogP contribution is 2.24. The molecule has 3 N–H and O–H groups in total. The van der Waals surface area contributed by atoms with Crippen molar-refractivity contribution < 1.29 is 9.53 Å². The molecule has 1 amide bonds. The average molecular weight is 276 g/mol. The van der Waals surface area contributed by atoms with Gasteiger partial charge in [-0.2, -0.15) is 0 Å². The third-order valence-corrected chi connectivity index (χ3v) is 3.83. The summed E-state index contributed by atoms with van der Waals surface area (Å²) in [7, 11) is 0. The molecule has 1 aliphatic carbocycles. The van der Waals surface area contributed by atoms with Crippen LogP contribution < -0.4 is 11.1 Å². The van der Waals surface area contributed by atoms with Gasteiger partial charge in [-0.1, -0.05) is 25.3 Å². The fraction of sp³-hybridized carbons (Fsp3) is 0.562. The first-order valence-electron chi connectivity index (χ1n) is 7.43. The predicted molar refractivity (Wildman–Crippen MR) is 81.5 cm³/mol. The van der Waals surface area contributed by atoms with Crippen LogP contribution in [0.3, 0.4) is 0 Å². The molecule has 1 unspecified atom stereocenters. The smallest absolute Gasteiger partial charge is 0.253 e. The average Bonchev–Trinajstić information content (AvgIpc) is 2.46. The molecule has 0 aromatic heterocycles. The summed E-state index contributed by atoms with van der Waals surface area (Å²) >= 11 is 0. The Morgan fingerprint density at radius 1 is 1.40 bits per heavy atom. The maximum atomic E-state index is 12.0. The first-order valence-corrected chi connectivity index (χ1v) is 7.43. The van der Waals surface area contributed by atoms with Crippen LogP contribution in [-0.4, -0.2) is 18.6 Å². The number of nitrogens with one attached hydrogen (secondary N) is 1. The van der Waals surface area contributed by atoms with Crippen LogP contribution >= 0.6 is 0 Å². The van der Waals surface area contributed by atoms with E-state index in [1.807, 2.05) is 12.1 Å². The number of nitrogens with two attached hydrogens (primary N) is 1. The van der Waals surface area contributed by atoms with E-state index < -0.39 is 6.10 Å². The van der Waals surface area contributed by atoms with Crippen LogP contribution in [0, 0.1) is 5.92 Å². The van der Waals surface area contributed by atoms with Gasteiger partial charge < -0.3 is 15.8 Å². The van der Waals surface area contributed by atoms with Crippen LogP contribution in [0.5, 0.6) is 0 Å². The zero-order chi connectivity index (χ0) is 14.4. The highest BCUT2D eigenvalue weighted by Gasteiger charge is 2.18. The van der Waals surface area contributed by atoms with Gasteiger partial charge in [0.1, 0.15) is 6.10 Å². The normalized spacial score (nSPS) is 17.6. The molecule has 4 nitrogen and oxygen atoms in total. The highest BCUT2D eigenvalue weighted by molar-refractivity contribution is 5.94. The standard InChI is InChI=1S/C16H24N2O2/c1-12(20-11-13-6-3-2-4-7-13)16(19)18-15-9-5-8-14(17)10-15/h5,8-10,12-13H,2-4,6-7,11,17H2,1H3,(H,18,19). The lowest BCUT2D eigenvalue weighted by Crippen LogP contribution is -2.29. The summed E-state index contributed by atoms with van der Waals surface area (Å²) in [6, 6.07) is 7.17. The molecule has 1 aromatic carbocycles. The molecule has 4 heteroatoms. The quantitative estimate of drug-likeness (QED) is 0.812. The van der Waals surface area contributed by atoms with Gasteiger partial charge in [0.25, 0.3) is 5.91 Å². The maximum absolute atomic E-state index is 12.0. The Balaban J connectivity index is 1.76. The number of hydrogen-bond donors (Lipinski definition) is 2. The minimum absolute atomic E-state index is 0.119. The molecule has 1 fully saturated rings. The van der Waals surface area contributed by atoms with E-state index in [0.717, 1.165) is 0 Å².